The van der Waals surface area contributed by atoms with Crippen molar-refractivity contribution in [2.24, 2.45) is 0 Å². The molecule has 9 heteroatoms. The third-order valence-electron chi connectivity index (χ3n) is 6.96. The Bertz CT molecular complexity index is 1750. The van der Waals surface area contributed by atoms with E-state index in [1.165, 1.54) is 24.3 Å². The number of benzene rings is 3. The molecule has 0 fully saturated rings. The first-order chi connectivity index (χ1) is 18.3. The highest BCUT2D eigenvalue weighted by Gasteiger charge is 2.36. The van der Waals surface area contributed by atoms with Crippen LogP contribution in [-0.4, -0.2) is 43.8 Å². The summed E-state index contributed by atoms with van der Waals surface area (Å²) in [6, 6.07) is 16.8. The molecule has 0 saturated heterocycles. The van der Waals surface area contributed by atoms with Gasteiger partial charge < -0.3 is 24.8 Å². The number of carbonyl (C=O) groups excluding carboxylic acids is 2. The number of alkyl halides is 1. The number of phenolic OH excluding ortho intramolecular Hbond substituents is 2. The lowest BCUT2D eigenvalue weighted by atomic mass is 9.92. The molecule has 2 amide bonds. The molecule has 5 aromatic rings. The van der Waals surface area contributed by atoms with Gasteiger partial charge in [0, 0.05) is 47.8 Å². The van der Waals surface area contributed by atoms with Gasteiger partial charge in [0.2, 0.25) is 0 Å². The summed E-state index contributed by atoms with van der Waals surface area (Å²) in [6.45, 7) is 2.37. The predicted molar refractivity (Wildman–Crippen MR) is 147 cm³/mol. The molecule has 3 aromatic carbocycles. The number of amides is 2. The molecule has 190 valence electrons. The fourth-order valence-electron chi connectivity index (χ4n) is 5.14. The van der Waals surface area contributed by atoms with Gasteiger partial charge in [0.05, 0.1) is 11.4 Å². The van der Waals surface area contributed by atoms with Crippen molar-refractivity contribution in [1.82, 2.24) is 9.38 Å². The van der Waals surface area contributed by atoms with E-state index >= 15 is 0 Å². The predicted octanol–water partition coefficient (Wildman–Crippen LogP) is 5.44. The molecule has 1 atom stereocenters. The number of fused-ring (bicyclic) bond motifs is 4. The Morgan fingerprint density at radius 3 is 2.63 bits per heavy atom. The Balaban J connectivity index is 1.33. The minimum Gasteiger partial charge on any atom is -0.508 e. The topological polar surface area (TPSA) is 107 Å². The van der Waals surface area contributed by atoms with Crippen molar-refractivity contribution in [2.75, 3.05) is 22.6 Å². The Labute approximate surface area is 222 Å². The van der Waals surface area contributed by atoms with E-state index < -0.39 is 0 Å². The van der Waals surface area contributed by atoms with Crippen molar-refractivity contribution in [3.05, 3.63) is 95.4 Å². The van der Waals surface area contributed by atoms with E-state index in [0.717, 1.165) is 21.9 Å². The van der Waals surface area contributed by atoms with Crippen LogP contribution >= 0.6 is 11.6 Å². The van der Waals surface area contributed by atoms with E-state index in [9.17, 15) is 19.8 Å². The first kappa shape index (κ1) is 23.8. The Kier molecular flexibility index (Phi) is 5.69. The smallest absolute Gasteiger partial charge is 0.278 e. The third-order valence-corrected chi connectivity index (χ3v) is 7.33. The minimum atomic E-state index is -0.330. The van der Waals surface area contributed by atoms with Crippen molar-refractivity contribution in [1.29, 1.82) is 0 Å². The van der Waals surface area contributed by atoms with Gasteiger partial charge in [-0.25, -0.2) is 4.98 Å². The number of hydrogen-bond donors (Lipinski definition) is 3. The number of aryl methyl sites for hydroxylation is 1. The number of aromatic hydroxyl groups is 2. The second-order valence-corrected chi connectivity index (χ2v) is 9.71. The average molecular weight is 527 g/mol. The zero-order valence-electron chi connectivity index (χ0n) is 20.4. The van der Waals surface area contributed by atoms with E-state index in [4.69, 9.17) is 11.6 Å². The summed E-state index contributed by atoms with van der Waals surface area (Å²) in [5.74, 6) is -0.193. The second kappa shape index (κ2) is 9.08. The summed E-state index contributed by atoms with van der Waals surface area (Å²) in [5.41, 5.74) is 4.30. The van der Waals surface area contributed by atoms with Gasteiger partial charge in [-0.15, -0.1) is 11.6 Å². The molecule has 6 rings (SSSR count). The molecule has 1 aliphatic rings. The second-order valence-electron chi connectivity index (χ2n) is 9.40. The number of rotatable bonds is 4. The highest BCUT2D eigenvalue weighted by Crippen LogP contribution is 2.46. The molecule has 0 unspecified atom stereocenters. The highest BCUT2D eigenvalue weighted by atomic mass is 35.5. The summed E-state index contributed by atoms with van der Waals surface area (Å²) < 4.78 is 1.68. The lowest BCUT2D eigenvalue weighted by Crippen LogP contribution is -2.30. The fraction of sp³-hybridized carbons (Fsp3) is 0.138. The van der Waals surface area contributed by atoms with Crippen molar-refractivity contribution < 1.29 is 19.8 Å². The number of aromatic nitrogens is 2. The number of phenols is 2. The van der Waals surface area contributed by atoms with Crippen LogP contribution in [0.2, 0.25) is 0 Å². The van der Waals surface area contributed by atoms with Gasteiger partial charge >= 0.3 is 0 Å². The largest absolute Gasteiger partial charge is 0.508 e. The van der Waals surface area contributed by atoms with Crippen molar-refractivity contribution in [2.45, 2.75) is 12.8 Å². The molecule has 0 aliphatic carbocycles. The Morgan fingerprint density at radius 2 is 1.87 bits per heavy atom. The van der Waals surface area contributed by atoms with Crippen LogP contribution in [0.15, 0.2) is 73.1 Å². The van der Waals surface area contributed by atoms with Crippen LogP contribution < -0.4 is 10.2 Å². The van der Waals surface area contributed by atoms with Gasteiger partial charge in [-0.05, 0) is 59.8 Å². The van der Waals surface area contributed by atoms with Crippen LogP contribution in [0.1, 0.15) is 37.9 Å². The zero-order valence-corrected chi connectivity index (χ0v) is 21.1. The van der Waals surface area contributed by atoms with E-state index in [0.29, 0.717) is 35.0 Å². The summed E-state index contributed by atoms with van der Waals surface area (Å²) in [4.78, 5) is 32.4. The molecule has 2 aromatic heterocycles. The van der Waals surface area contributed by atoms with Gasteiger partial charge in [-0.3, -0.25) is 9.59 Å². The SMILES string of the molecule is Cc1cccc2c(O)cc3c(c12)[C@@H](CCl)CN3C(=O)c1cn2cc(NC(=O)c3ccc(O)cc3)ccc2n1. The van der Waals surface area contributed by atoms with Gasteiger partial charge in [-0.1, -0.05) is 18.2 Å². The van der Waals surface area contributed by atoms with Crippen molar-refractivity contribution in [3.8, 4) is 11.5 Å². The monoisotopic (exact) mass is 526 g/mol. The normalized spacial score (nSPS) is 14.7. The van der Waals surface area contributed by atoms with Crippen molar-refractivity contribution >= 4 is 51.2 Å². The van der Waals surface area contributed by atoms with Crippen LogP contribution in [0.5, 0.6) is 11.5 Å². The highest BCUT2D eigenvalue weighted by molar-refractivity contribution is 6.19. The quantitative estimate of drug-likeness (QED) is 0.270. The zero-order chi connectivity index (χ0) is 26.6. The number of nitrogens with one attached hydrogen (secondary N) is 1. The molecule has 0 bridgehead atoms. The van der Waals surface area contributed by atoms with Crippen LogP contribution in [0.4, 0.5) is 11.4 Å². The molecule has 3 N–H and O–H groups in total. The van der Waals surface area contributed by atoms with Gasteiger partial charge in [0.25, 0.3) is 11.8 Å². The molecule has 8 nitrogen and oxygen atoms in total. The third kappa shape index (κ3) is 3.90. The van der Waals surface area contributed by atoms with Crippen molar-refractivity contribution in [3.63, 3.8) is 0 Å². The summed E-state index contributed by atoms with van der Waals surface area (Å²) in [5, 5.41) is 24.7. The fourth-order valence-corrected chi connectivity index (χ4v) is 5.39. The van der Waals surface area contributed by atoms with Crippen LogP contribution in [0, 0.1) is 6.92 Å². The number of hydrogen-bond acceptors (Lipinski definition) is 5. The lowest BCUT2D eigenvalue weighted by molar-refractivity contribution is 0.0982. The summed E-state index contributed by atoms with van der Waals surface area (Å²) in [6.07, 6.45) is 3.30. The summed E-state index contributed by atoms with van der Waals surface area (Å²) in [7, 11) is 0. The molecule has 3 heterocycles. The standard InChI is InChI=1S/C29H23ClN4O4/c1-16-3-2-4-21-24(36)11-23-27(26(16)21)18(12-30)13-34(23)29(38)22-15-33-14-19(7-10-25(33)32-22)31-28(37)17-5-8-20(35)9-6-17/h2-11,14-15,18,35-36H,12-13H2,1H3,(H,31,37)/t18-/m0/s1. The molecule has 38 heavy (non-hydrogen) atoms. The number of carbonyl (C=O) groups is 2. The van der Waals surface area contributed by atoms with Gasteiger partial charge in [-0.2, -0.15) is 0 Å². The molecule has 0 radical (unpaired) electrons. The number of imidazole rings is 1. The van der Waals surface area contributed by atoms with Gasteiger partial charge in [0.15, 0.2) is 0 Å². The first-order valence-electron chi connectivity index (χ1n) is 12.1. The average Bonchev–Trinajstić information content (AvgIpc) is 3.50. The van der Waals surface area contributed by atoms with Crippen LogP contribution in [0.25, 0.3) is 16.4 Å². The molecule has 1 aliphatic heterocycles. The Hall–Kier alpha value is -4.56. The van der Waals surface area contributed by atoms with E-state index in [1.807, 2.05) is 25.1 Å². The number of anilines is 2. The molecular weight excluding hydrogens is 504 g/mol. The number of pyridine rings is 1. The molecular formula is C29H23ClN4O4. The lowest BCUT2D eigenvalue weighted by Gasteiger charge is -2.17. The molecule has 0 saturated carbocycles. The maximum atomic E-state index is 13.7. The minimum absolute atomic E-state index is 0.0788. The van der Waals surface area contributed by atoms with Crippen LogP contribution in [-0.2, 0) is 0 Å². The van der Waals surface area contributed by atoms with E-state index in [2.05, 4.69) is 10.3 Å². The summed E-state index contributed by atoms with van der Waals surface area (Å²) >= 11 is 6.35. The van der Waals surface area contributed by atoms with Crippen LogP contribution in [0.3, 0.4) is 0 Å². The maximum absolute atomic E-state index is 13.7. The van der Waals surface area contributed by atoms with E-state index in [-0.39, 0.29) is 34.9 Å². The van der Waals surface area contributed by atoms with Gasteiger partial charge in [0.1, 0.15) is 22.8 Å². The van der Waals surface area contributed by atoms with E-state index in [1.54, 1.807) is 39.9 Å². The number of nitrogens with zero attached hydrogens (tertiary/aromatic N) is 3. The first-order valence-corrected chi connectivity index (χ1v) is 12.6. The Morgan fingerprint density at radius 1 is 1.08 bits per heavy atom. The maximum Gasteiger partial charge on any atom is 0.278 e. The molecule has 0 spiro atoms. The number of halogens is 1.